The molecule has 33 heavy (non-hydrogen) atoms. The zero-order chi connectivity index (χ0) is 23.4. The Morgan fingerprint density at radius 3 is 2.36 bits per heavy atom. The predicted molar refractivity (Wildman–Crippen MR) is 131 cm³/mol. The highest BCUT2D eigenvalue weighted by molar-refractivity contribution is 7.89. The number of carbonyl (C=O) groups is 1. The van der Waals surface area contributed by atoms with E-state index in [4.69, 9.17) is 11.6 Å². The van der Waals surface area contributed by atoms with Gasteiger partial charge in [-0.05, 0) is 60.7 Å². The molecule has 1 N–H and O–H groups in total. The average molecular weight is 483 g/mol. The normalized spacial score (nSPS) is 17.9. The molecule has 5 nitrogen and oxygen atoms in total. The topological polar surface area (TPSA) is 66.5 Å². The number of nitrogens with zero attached hydrogens (tertiary/aromatic N) is 1. The van der Waals surface area contributed by atoms with Crippen LogP contribution >= 0.6 is 11.6 Å². The van der Waals surface area contributed by atoms with Crippen LogP contribution in [0.3, 0.4) is 0 Å². The molecule has 7 heteroatoms. The number of piperidine rings is 1. The van der Waals surface area contributed by atoms with Gasteiger partial charge in [0.2, 0.25) is 15.9 Å². The van der Waals surface area contributed by atoms with Crippen molar-refractivity contribution in [1.82, 2.24) is 9.62 Å². The Morgan fingerprint density at radius 2 is 1.67 bits per heavy atom. The summed E-state index contributed by atoms with van der Waals surface area (Å²) >= 11 is 5.91. The van der Waals surface area contributed by atoms with E-state index in [1.165, 1.54) is 16.4 Å². The summed E-state index contributed by atoms with van der Waals surface area (Å²) in [7, 11) is -3.69. The molecule has 1 heterocycles. The van der Waals surface area contributed by atoms with E-state index in [-0.39, 0.29) is 23.4 Å². The van der Waals surface area contributed by atoms with Crippen LogP contribution in [0.1, 0.15) is 35.6 Å². The molecule has 3 aromatic rings. The maximum absolute atomic E-state index is 13.4. The number of rotatable bonds is 6. The summed E-state index contributed by atoms with van der Waals surface area (Å²) in [6.45, 7) is 2.58. The molecule has 4 rings (SSSR count). The van der Waals surface area contributed by atoms with Gasteiger partial charge < -0.3 is 5.32 Å². The van der Waals surface area contributed by atoms with Gasteiger partial charge in [-0.2, -0.15) is 4.31 Å². The zero-order valence-electron chi connectivity index (χ0n) is 18.4. The minimum Gasteiger partial charge on any atom is -0.345 e. The smallest absolute Gasteiger partial charge is 0.243 e. The van der Waals surface area contributed by atoms with Crippen molar-refractivity contribution < 1.29 is 13.2 Å². The van der Waals surface area contributed by atoms with E-state index < -0.39 is 15.9 Å². The molecule has 0 aliphatic carbocycles. The highest BCUT2D eigenvalue weighted by Crippen LogP contribution is 2.28. The van der Waals surface area contributed by atoms with E-state index in [0.717, 1.165) is 16.7 Å². The van der Waals surface area contributed by atoms with Crippen molar-refractivity contribution in [2.75, 3.05) is 13.1 Å². The van der Waals surface area contributed by atoms with Gasteiger partial charge in [-0.1, -0.05) is 66.2 Å². The quantitative estimate of drug-likeness (QED) is 0.540. The number of amides is 1. The largest absolute Gasteiger partial charge is 0.345 e. The van der Waals surface area contributed by atoms with Gasteiger partial charge in [0.25, 0.3) is 0 Å². The molecule has 1 saturated heterocycles. The van der Waals surface area contributed by atoms with Crippen LogP contribution < -0.4 is 5.32 Å². The fraction of sp³-hybridized carbons (Fsp3) is 0.269. The summed E-state index contributed by atoms with van der Waals surface area (Å²) in [4.78, 5) is 13.6. The van der Waals surface area contributed by atoms with Gasteiger partial charge in [0.05, 0.1) is 16.9 Å². The zero-order valence-corrected chi connectivity index (χ0v) is 20.0. The number of hydrogen-bond donors (Lipinski definition) is 1. The molecule has 1 aliphatic heterocycles. The monoisotopic (exact) mass is 482 g/mol. The molecule has 1 aliphatic rings. The van der Waals surface area contributed by atoms with Gasteiger partial charge in [0.15, 0.2) is 0 Å². The summed E-state index contributed by atoms with van der Waals surface area (Å²) < 4.78 is 27.7. The van der Waals surface area contributed by atoms with Crippen LogP contribution in [0.5, 0.6) is 0 Å². The lowest BCUT2D eigenvalue weighted by atomic mass is 9.93. The van der Waals surface area contributed by atoms with Crippen molar-refractivity contribution in [3.63, 3.8) is 0 Å². The average Bonchev–Trinajstić information content (AvgIpc) is 2.84. The lowest BCUT2D eigenvalue weighted by Gasteiger charge is -2.32. The van der Waals surface area contributed by atoms with E-state index >= 15 is 0 Å². The lowest BCUT2D eigenvalue weighted by molar-refractivity contribution is -0.126. The van der Waals surface area contributed by atoms with Crippen LogP contribution in [0.2, 0.25) is 5.02 Å². The Hall–Kier alpha value is -2.67. The molecule has 172 valence electrons. The fourth-order valence-electron chi connectivity index (χ4n) is 4.29. The van der Waals surface area contributed by atoms with Crippen molar-refractivity contribution in [3.05, 3.63) is 101 Å². The molecule has 0 saturated carbocycles. The number of carbonyl (C=O) groups excluding carboxylic acids is 1. The SMILES string of the molecule is Cc1ccccc1C(NC(=O)C1CCCN(S(=O)(=O)c2ccc(Cl)cc2)C1)c1ccccc1. The first-order chi connectivity index (χ1) is 15.9. The molecular weight excluding hydrogens is 456 g/mol. The summed E-state index contributed by atoms with van der Waals surface area (Å²) in [6.07, 6.45) is 1.28. The van der Waals surface area contributed by atoms with E-state index in [9.17, 15) is 13.2 Å². The molecule has 1 amide bonds. The first-order valence-electron chi connectivity index (χ1n) is 11.0. The molecule has 0 radical (unpaired) electrons. The van der Waals surface area contributed by atoms with Crippen LogP contribution in [0.25, 0.3) is 0 Å². The van der Waals surface area contributed by atoms with Crippen LogP contribution in [-0.2, 0) is 14.8 Å². The van der Waals surface area contributed by atoms with Crippen molar-refractivity contribution >= 4 is 27.5 Å². The Labute approximate surface area is 200 Å². The molecule has 0 spiro atoms. The number of benzene rings is 3. The summed E-state index contributed by atoms with van der Waals surface area (Å²) in [5.74, 6) is -0.556. The van der Waals surface area contributed by atoms with Crippen molar-refractivity contribution in [1.29, 1.82) is 0 Å². The molecular formula is C26H27ClN2O3S. The second kappa shape index (κ2) is 10.1. The molecule has 2 atom stereocenters. The van der Waals surface area contributed by atoms with Crippen molar-refractivity contribution in [2.45, 2.75) is 30.7 Å². The van der Waals surface area contributed by atoms with E-state index in [1.54, 1.807) is 12.1 Å². The minimum atomic E-state index is -3.69. The number of halogens is 1. The van der Waals surface area contributed by atoms with Crippen LogP contribution in [-0.4, -0.2) is 31.7 Å². The summed E-state index contributed by atoms with van der Waals surface area (Å²) in [6, 6.07) is 23.7. The van der Waals surface area contributed by atoms with Gasteiger partial charge in [-0.25, -0.2) is 8.42 Å². The summed E-state index contributed by atoms with van der Waals surface area (Å²) in [5, 5.41) is 3.68. The van der Waals surface area contributed by atoms with Crippen molar-refractivity contribution in [2.24, 2.45) is 5.92 Å². The highest BCUT2D eigenvalue weighted by atomic mass is 35.5. The molecule has 1 fully saturated rings. The highest BCUT2D eigenvalue weighted by Gasteiger charge is 2.34. The van der Waals surface area contributed by atoms with Gasteiger partial charge in [0, 0.05) is 18.1 Å². The number of sulfonamides is 1. The number of aryl methyl sites for hydroxylation is 1. The minimum absolute atomic E-state index is 0.136. The van der Waals surface area contributed by atoms with Crippen LogP contribution in [0.4, 0.5) is 0 Å². The van der Waals surface area contributed by atoms with E-state index in [2.05, 4.69) is 5.32 Å². The van der Waals surface area contributed by atoms with Gasteiger partial charge in [0.1, 0.15) is 0 Å². The first-order valence-corrected chi connectivity index (χ1v) is 12.8. The molecule has 2 unspecified atom stereocenters. The lowest BCUT2D eigenvalue weighted by Crippen LogP contribution is -2.46. The maximum atomic E-state index is 13.4. The Morgan fingerprint density at radius 1 is 1.00 bits per heavy atom. The van der Waals surface area contributed by atoms with Crippen LogP contribution in [0.15, 0.2) is 83.8 Å². The standard InChI is InChI=1S/C26H27ClN2O3S/c1-19-8-5-6-12-24(19)25(20-9-3-2-4-10-20)28-26(30)21-11-7-17-29(18-21)33(31,32)23-15-13-22(27)14-16-23/h2-6,8-10,12-16,21,25H,7,11,17-18H2,1H3,(H,28,30). The number of nitrogens with one attached hydrogen (secondary N) is 1. The third-order valence-corrected chi connectivity index (χ3v) is 8.26. The van der Waals surface area contributed by atoms with Gasteiger partial charge in [-0.3, -0.25) is 4.79 Å². The third kappa shape index (κ3) is 5.29. The molecule has 3 aromatic carbocycles. The van der Waals surface area contributed by atoms with Crippen molar-refractivity contribution in [3.8, 4) is 0 Å². The third-order valence-electron chi connectivity index (χ3n) is 6.13. The molecule has 0 aromatic heterocycles. The van der Waals surface area contributed by atoms with Gasteiger partial charge >= 0.3 is 0 Å². The first kappa shape index (κ1) is 23.5. The molecule has 0 bridgehead atoms. The predicted octanol–water partition coefficient (Wildman–Crippen LogP) is 4.95. The van der Waals surface area contributed by atoms with Gasteiger partial charge in [-0.15, -0.1) is 0 Å². The Balaban J connectivity index is 1.55. The Bertz CT molecular complexity index is 1210. The second-order valence-electron chi connectivity index (χ2n) is 8.36. The summed E-state index contributed by atoms with van der Waals surface area (Å²) in [5.41, 5.74) is 3.10. The Kier molecular flexibility index (Phi) is 7.17. The van der Waals surface area contributed by atoms with E-state index in [0.29, 0.717) is 24.4 Å². The fourth-order valence-corrected chi connectivity index (χ4v) is 5.94. The second-order valence-corrected chi connectivity index (χ2v) is 10.7. The van der Waals surface area contributed by atoms with Crippen LogP contribution in [0, 0.1) is 12.8 Å². The van der Waals surface area contributed by atoms with E-state index in [1.807, 2.05) is 61.5 Å². The maximum Gasteiger partial charge on any atom is 0.243 e. The number of hydrogen-bond acceptors (Lipinski definition) is 3.